The van der Waals surface area contributed by atoms with Crippen molar-refractivity contribution in [2.45, 2.75) is 17.4 Å². The third kappa shape index (κ3) is 3.68. The largest absolute Gasteiger partial charge is 0.480 e. The second kappa shape index (κ2) is 7.45. The van der Waals surface area contributed by atoms with E-state index in [0.29, 0.717) is 12.2 Å². The Hall–Kier alpha value is -2.98. The number of carbonyl (C=O) groups excluding carboxylic acids is 1. The Kier molecular flexibility index (Phi) is 4.97. The number of nitro benzene ring substituents is 1. The number of nitrogens with zero attached hydrogens (tertiary/aromatic N) is 3. The summed E-state index contributed by atoms with van der Waals surface area (Å²) in [6.07, 6.45) is -0.0683. The minimum absolute atomic E-state index is 0.00236. The molecule has 9 nitrogen and oxygen atoms in total. The number of piperazine rings is 1. The van der Waals surface area contributed by atoms with E-state index in [4.69, 9.17) is 4.74 Å². The van der Waals surface area contributed by atoms with Gasteiger partial charge in [-0.2, -0.15) is 4.31 Å². The molecule has 29 heavy (non-hydrogen) atoms. The fourth-order valence-electron chi connectivity index (χ4n) is 3.56. The molecule has 2 aromatic rings. The molecule has 1 fully saturated rings. The van der Waals surface area contributed by atoms with E-state index in [1.807, 2.05) is 24.3 Å². The predicted molar refractivity (Wildman–Crippen MR) is 103 cm³/mol. The SMILES string of the molecule is O=C([C@H]1Cc2ccccc2O1)N1CCN(S(=O)(=O)c2ccc([N+](=O)[O-])cc2)CC1. The molecule has 0 bridgehead atoms. The fourth-order valence-corrected chi connectivity index (χ4v) is 4.98. The van der Waals surface area contributed by atoms with Crippen LogP contribution in [0.3, 0.4) is 0 Å². The van der Waals surface area contributed by atoms with Crippen molar-refractivity contribution in [3.8, 4) is 5.75 Å². The molecule has 2 heterocycles. The first-order chi connectivity index (χ1) is 13.9. The number of carbonyl (C=O) groups is 1. The lowest BCUT2D eigenvalue weighted by Crippen LogP contribution is -2.53. The third-order valence-corrected chi connectivity index (χ3v) is 7.07. The van der Waals surface area contributed by atoms with Crippen LogP contribution in [0, 0.1) is 10.1 Å². The monoisotopic (exact) mass is 417 g/mol. The van der Waals surface area contributed by atoms with Crippen molar-refractivity contribution in [1.82, 2.24) is 9.21 Å². The Balaban J connectivity index is 1.39. The second-order valence-corrected chi connectivity index (χ2v) is 8.84. The number of sulfonamides is 1. The first-order valence-corrected chi connectivity index (χ1v) is 10.6. The highest BCUT2D eigenvalue weighted by molar-refractivity contribution is 7.89. The number of ether oxygens (including phenoxy) is 1. The van der Waals surface area contributed by atoms with Crippen molar-refractivity contribution in [2.75, 3.05) is 26.2 Å². The summed E-state index contributed by atoms with van der Waals surface area (Å²) >= 11 is 0. The molecular formula is C19H19N3O6S. The van der Waals surface area contributed by atoms with Crippen LogP contribution in [0.5, 0.6) is 5.75 Å². The lowest BCUT2D eigenvalue weighted by Gasteiger charge is -2.35. The number of para-hydroxylation sites is 1. The maximum atomic E-state index is 12.8. The van der Waals surface area contributed by atoms with Crippen LogP contribution in [0.15, 0.2) is 53.4 Å². The Bertz CT molecular complexity index is 1020. The van der Waals surface area contributed by atoms with Crippen molar-refractivity contribution in [1.29, 1.82) is 0 Å². The molecule has 0 aliphatic carbocycles. The van der Waals surface area contributed by atoms with Crippen molar-refractivity contribution in [3.63, 3.8) is 0 Å². The number of amides is 1. The van der Waals surface area contributed by atoms with E-state index < -0.39 is 21.1 Å². The Morgan fingerprint density at radius 3 is 2.31 bits per heavy atom. The molecule has 2 aliphatic rings. The average Bonchev–Trinajstić information content (AvgIpc) is 3.17. The van der Waals surface area contributed by atoms with Gasteiger partial charge < -0.3 is 9.64 Å². The molecule has 0 unspecified atom stereocenters. The number of rotatable bonds is 4. The molecule has 4 rings (SSSR count). The smallest absolute Gasteiger partial charge is 0.269 e. The van der Waals surface area contributed by atoms with Gasteiger partial charge in [-0.1, -0.05) is 18.2 Å². The minimum atomic E-state index is -3.77. The van der Waals surface area contributed by atoms with Crippen LogP contribution >= 0.6 is 0 Å². The highest BCUT2D eigenvalue weighted by atomic mass is 32.2. The quantitative estimate of drug-likeness (QED) is 0.550. The summed E-state index contributed by atoms with van der Waals surface area (Å²) in [4.78, 5) is 24.6. The first kappa shape index (κ1) is 19.3. The summed E-state index contributed by atoms with van der Waals surface area (Å²) in [5.41, 5.74) is 0.821. The second-order valence-electron chi connectivity index (χ2n) is 6.90. The van der Waals surface area contributed by atoms with Gasteiger partial charge in [-0.25, -0.2) is 8.42 Å². The van der Waals surface area contributed by atoms with E-state index in [-0.39, 0.29) is 42.7 Å². The van der Waals surface area contributed by atoms with E-state index >= 15 is 0 Å². The molecule has 0 radical (unpaired) electrons. The number of non-ortho nitro benzene ring substituents is 1. The van der Waals surface area contributed by atoms with Gasteiger partial charge in [-0.05, 0) is 23.8 Å². The Labute approximate surface area is 167 Å². The zero-order valence-corrected chi connectivity index (χ0v) is 16.2. The van der Waals surface area contributed by atoms with Crippen LogP contribution in [0.25, 0.3) is 0 Å². The average molecular weight is 417 g/mol. The van der Waals surface area contributed by atoms with Crippen LogP contribution in [0.4, 0.5) is 5.69 Å². The molecule has 0 N–H and O–H groups in total. The minimum Gasteiger partial charge on any atom is -0.480 e. The molecule has 10 heteroatoms. The molecule has 0 saturated carbocycles. The summed E-state index contributed by atoms with van der Waals surface area (Å²) in [6, 6.07) is 12.3. The summed E-state index contributed by atoms with van der Waals surface area (Å²) in [5, 5.41) is 10.7. The molecule has 1 atom stereocenters. The highest BCUT2D eigenvalue weighted by Gasteiger charge is 2.36. The summed E-state index contributed by atoms with van der Waals surface area (Å²) in [5.74, 6) is 0.568. The topological polar surface area (TPSA) is 110 Å². The molecule has 0 spiro atoms. The van der Waals surface area contributed by atoms with E-state index in [1.54, 1.807) is 4.90 Å². The maximum absolute atomic E-state index is 12.8. The van der Waals surface area contributed by atoms with E-state index in [0.717, 1.165) is 5.56 Å². The lowest BCUT2D eigenvalue weighted by molar-refractivity contribution is -0.384. The third-order valence-electron chi connectivity index (χ3n) is 5.16. The van der Waals surface area contributed by atoms with Crippen LogP contribution in [-0.2, 0) is 21.2 Å². The van der Waals surface area contributed by atoms with Gasteiger partial charge in [0.15, 0.2) is 6.10 Å². The predicted octanol–water partition coefficient (Wildman–Crippen LogP) is 1.43. The van der Waals surface area contributed by atoms with Gasteiger partial charge in [-0.15, -0.1) is 0 Å². The number of nitro groups is 1. The van der Waals surface area contributed by atoms with Crippen LogP contribution in [0.1, 0.15) is 5.56 Å². The van der Waals surface area contributed by atoms with Gasteiger partial charge in [0.25, 0.3) is 11.6 Å². The molecule has 1 saturated heterocycles. The van der Waals surface area contributed by atoms with E-state index in [2.05, 4.69) is 0 Å². The molecule has 2 aliphatic heterocycles. The maximum Gasteiger partial charge on any atom is 0.269 e. The Morgan fingerprint density at radius 2 is 1.69 bits per heavy atom. The van der Waals surface area contributed by atoms with Crippen molar-refractivity contribution in [3.05, 3.63) is 64.2 Å². The zero-order chi connectivity index (χ0) is 20.6. The van der Waals surface area contributed by atoms with Gasteiger partial charge in [0.05, 0.1) is 9.82 Å². The highest BCUT2D eigenvalue weighted by Crippen LogP contribution is 2.29. The molecule has 1 amide bonds. The number of fused-ring (bicyclic) bond motifs is 1. The van der Waals surface area contributed by atoms with E-state index in [1.165, 1.54) is 28.6 Å². The fraction of sp³-hybridized carbons (Fsp3) is 0.316. The molecule has 152 valence electrons. The summed E-state index contributed by atoms with van der Waals surface area (Å²) in [7, 11) is -3.77. The van der Waals surface area contributed by atoms with Gasteiger partial charge in [0, 0.05) is 44.7 Å². The summed E-state index contributed by atoms with van der Waals surface area (Å²) in [6.45, 7) is 0.845. The Morgan fingerprint density at radius 1 is 1.03 bits per heavy atom. The van der Waals surface area contributed by atoms with E-state index in [9.17, 15) is 23.3 Å². The van der Waals surface area contributed by atoms with Gasteiger partial charge in [-0.3, -0.25) is 14.9 Å². The standard InChI is InChI=1S/C19H19N3O6S/c23-19(18-13-14-3-1-2-4-17(14)28-18)20-9-11-21(12-10-20)29(26,27)16-7-5-15(6-8-16)22(24)25/h1-8,18H,9-13H2/t18-/m1/s1. The van der Waals surface area contributed by atoms with Crippen molar-refractivity contribution >= 4 is 21.6 Å². The molecule has 0 aromatic heterocycles. The summed E-state index contributed by atoms with van der Waals surface area (Å²) < 4.78 is 32.6. The normalized spacial score (nSPS) is 19.4. The first-order valence-electron chi connectivity index (χ1n) is 9.14. The number of hydrogen-bond acceptors (Lipinski definition) is 6. The van der Waals surface area contributed by atoms with Gasteiger partial charge in [0.1, 0.15) is 5.75 Å². The van der Waals surface area contributed by atoms with Crippen LogP contribution < -0.4 is 4.74 Å². The number of benzene rings is 2. The van der Waals surface area contributed by atoms with Crippen molar-refractivity contribution in [2.24, 2.45) is 0 Å². The van der Waals surface area contributed by atoms with Crippen LogP contribution in [0.2, 0.25) is 0 Å². The number of hydrogen-bond donors (Lipinski definition) is 0. The molecular weight excluding hydrogens is 398 g/mol. The zero-order valence-electron chi connectivity index (χ0n) is 15.4. The van der Waals surface area contributed by atoms with Crippen molar-refractivity contribution < 1.29 is 22.9 Å². The lowest BCUT2D eigenvalue weighted by atomic mass is 10.1. The molecule has 2 aromatic carbocycles. The van der Waals surface area contributed by atoms with Crippen LogP contribution in [-0.4, -0.2) is 60.7 Å². The van der Waals surface area contributed by atoms with Gasteiger partial charge in [0.2, 0.25) is 10.0 Å². The van der Waals surface area contributed by atoms with Gasteiger partial charge >= 0.3 is 0 Å².